The number of pyridine rings is 1. The minimum Gasteiger partial charge on any atom is -0.494 e. The van der Waals surface area contributed by atoms with Crippen molar-refractivity contribution in [1.29, 1.82) is 0 Å². The number of ether oxygens (including phenoxy) is 1. The molecule has 0 saturated heterocycles. The third kappa shape index (κ3) is 2.43. The van der Waals surface area contributed by atoms with E-state index in [0.717, 1.165) is 17.9 Å². The standard InChI is InChI=1S/C12H16N4OS/c1-8(2)7-16-11(14-15-12(16)18)9-4-5-13-6-10(9)17-3/h4-6,8H,7H2,1-3H3,(H,15,18). The van der Waals surface area contributed by atoms with E-state index in [1.165, 1.54) is 0 Å². The van der Waals surface area contributed by atoms with Gasteiger partial charge in [0.1, 0.15) is 5.75 Å². The summed E-state index contributed by atoms with van der Waals surface area (Å²) < 4.78 is 7.91. The predicted octanol–water partition coefficient (Wildman–Crippen LogP) is 2.67. The molecule has 0 aliphatic rings. The summed E-state index contributed by atoms with van der Waals surface area (Å²) in [4.78, 5) is 4.04. The van der Waals surface area contributed by atoms with Crippen LogP contribution in [0.5, 0.6) is 5.75 Å². The lowest BCUT2D eigenvalue weighted by molar-refractivity contribution is 0.413. The van der Waals surface area contributed by atoms with E-state index in [1.807, 2.05) is 10.6 Å². The zero-order valence-electron chi connectivity index (χ0n) is 10.7. The molecule has 0 saturated carbocycles. The quantitative estimate of drug-likeness (QED) is 0.863. The summed E-state index contributed by atoms with van der Waals surface area (Å²) in [7, 11) is 1.62. The summed E-state index contributed by atoms with van der Waals surface area (Å²) in [6.45, 7) is 5.10. The highest BCUT2D eigenvalue weighted by Crippen LogP contribution is 2.27. The van der Waals surface area contributed by atoms with Gasteiger partial charge in [-0.3, -0.25) is 14.6 Å². The van der Waals surface area contributed by atoms with Crippen LogP contribution in [0.3, 0.4) is 0 Å². The highest BCUT2D eigenvalue weighted by molar-refractivity contribution is 7.71. The lowest BCUT2D eigenvalue weighted by Gasteiger charge is -2.11. The Hall–Kier alpha value is -1.69. The first-order chi connectivity index (χ1) is 8.63. The molecule has 6 heteroatoms. The average molecular weight is 264 g/mol. The van der Waals surface area contributed by atoms with E-state index in [1.54, 1.807) is 19.5 Å². The SMILES string of the molecule is COc1cnccc1-c1n[nH]c(=S)n1CC(C)C. The Balaban J connectivity index is 2.54. The third-order valence-corrected chi connectivity index (χ3v) is 2.86. The molecular weight excluding hydrogens is 248 g/mol. The smallest absolute Gasteiger partial charge is 0.195 e. The number of nitrogens with one attached hydrogen (secondary N) is 1. The van der Waals surface area contributed by atoms with Crippen LogP contribution in [0.4, 0.5) is 0 Å². The molecular formula is C12H16N4OS. The van der Waals surface area contributed by atoms with Gasteiger partial charge in [0.25, 0.3) is 0 Å². The van der Waals surface area contributed by atoms with E-state index >= 15 is 0 Å². The van der Waals surface area contributed by atoms with Crippen LogP contribution in [0.1, 0.15) is 13.8 Å². The molecule has 0 amide bonds. The highest BCUT2D eigenvalue weighted by Gasteiger charge is 2.14. The van der Waals surface area contributed by atoms with Gasteiger partial charge in [0, 0.05) is 12.7 Å². The van der Waals surface area contributed by atoms with Gasteiger partial charge in [-0.05, 0) is 24.2 Å². The van der Waals surface area contributed by atoms with Crippen molar-refractivity contribution in [3.05, 3.63) is 23.2 Å². The fourth-order valence-electron chi connectivity index (χ4n) is 1.79. The van der Waals surface area contributed by atoms with Crippen molar-refractivity contribution in [3.8, 4) is 17.1 Å². The molecule has 96 valence electrons. The minimum absolute atomic E-state index is 0.487. The van der Waals surface area contributed by atoms with Gasteiger partial charge in [0.2, 0.25) is 0 Å². The Bertz CT molecular complexity index is 588. The maximum Gasteiger partial charge on any atom is 0.195 e. The number of rotatable bonds is 4. The summed E-state index contributed by atoms with van der Waals surface area (Å²) >= 11 is 5.26. The summed E-state index contributed by atoms with van der Waals surface area (Å²) in [5.41, 5.74) is 0.889. The van der Waals surface area contributed by atoms with Crippen LogP contribution in [-0.2, 0) is 6.54 Å². The molecule has 0 unspecified atom stereocenters. The second kappa shape index (κ2) is 5.30. The van der Waals surface area contributed by atoms with E-state index < -0.39 is 0 Å². The van der Waals surface area contributed by atoms with E-state index in [4.69, 9.17) is 17.0 Å². The molecule has 5 nitrogen and oxygen atoms in total. The van der Waals surface area contributed by atoms with Crippen molar-refractivity contribution in [3.63, 3.8) is 0 Å². The fraction of sp³-hybridized carbons (Fsp3) is 0.417. The third-order valence-electron chi connectivity index (χ3n) is 2.55. The second-order valence-corrected chi connectivity index (χ2v) is 4.82. The Morgan fingerprint density at radius 3 is 2.94 bits per heavy atom. The summed E-state index contributed by atoms with van der Waals surface area (Å²) in [5, 5.41) is 7.12. The molecule has 0 aromatic carbocycles. The number of H-pyrrole nitrogens is 1. The van der Waals surface area contributed by atoms with Crippen molar-refractivity contribution in [2.24, 2.45) is 5.92 Å². The predicted molar refractivity (Wildman–Crippen MR) is 72.0 cm³/mol. The van der Waals surface area contributed by atoms with Crippen molar-refractivity contribution >= 4 is 12.2 Å². The van der Waals surface area contributed by atoms with Gasteiger partial charge >= 0.3 is 0 Å². The molecule has 0 radical (unpaired) electrons. The first kappa shape index (κ1) is 12.8. The number of nitrogens with zero attached hydrogens (tertiary/aromatic N) is 3. The molecule has 2 rings (SSSR count). The fourth-order valence-corrected chi connectivity index (χ4v) is 1.99. The first-order valence-electron chi connectivity index (χ1n) is 5.77. The van der Waals surface area contributed by atoms with E-state index in [-0.39, 0.29) is 0 Å². The minimum atomic E-state index is 0.487. The number of methoxy groups -OCH3 is 1. The molecule has 2 aromatic rings. The lowest BCUT2D eigenvalue weighted by Crippen LogP contribution is -2.07. The maximum atomic E-state index is 5.31. The molecule has 0 aliphatic heterocycles. The first-order valence-corrected chi connectivity index (χ1v) is 6.18. The molecule has 18 heavy (non-hydrogen) atoms. The van der Waals surface area contributed by atoms with Crippen molar-refractivity contribution < 1.29 is 4.74 Å². The summed E-state index contributed by atoms with van der Waals surface area (Å²) in [6, 6.07) is 1.88. The highest BCUT2D eigenvalue weighted by atomic mass is 32.1. The van der Waals surface area contributed by atoms with Crippen LogP contribution in [0.2, 0.25) is 0 Å². The largest absolute Gasteiger partial charge is 0.494 e. The Labute approximate surface area is 111 Å². The molecule has 0 bridgehead atoms. The number of aromatic nitrogens is 4. The van der Waals surface area contributed by atoms with Crippen LogP contribution in [-0.4, -0.2) is 26.9 Å². The van der Waals surface area contributed by atoms with Gasteiger partial charge in [0.05, 0.1) is 18.9 Å². The van der Waals surface area contributed by atoms with E-state index in [9.17, 15) is 0 Å². The number of hydrogen-bond acceptors (Lipinski definition) is 4. The summed E-state index contributed by atoms with van der Waals surface area (Å²) in [6.07, 6.45) is 3.39. The van der Waals surface area contributed by atoms with Gasteiger partial charge in [-0.25, -0.2) is 0 Å². The van der Waals surface area contributed by atoms with Crippen LogP contribution < -0.4 is 4.74 Å². The zero-order valence-corrected chi connectivity index (χ0v) is 11.5. The molecule has 2 aromatic heterocycles. The van der Waals surface area contributed by atoms with Crippen LogP contribution in [0.15, 0.2) is 18.5 Å². The maximum absolute atomic E-state index is 5.31. The molecule has 1 N–H and O–H groups in total. The zero-order chi connectivity index (χ0) is 13.1. The van der Waals surface area contributed by atoms with Crippen molar-refractivity contribution in [2.45, 2.75) is 20.4 Å². The van der Waals surface area contributed by atoms with Gasteiger partial charge < -0.3 is 4.74 Å². The Morgan fingerprint density at radius 2 is 2.28 bits per heavy atom. The number of aromatic amines is 1. The van der Waals surface area contributed by atoms with Crippen molar-refractivity contribution in [1.82, 2.24) is 19.7 Å². The molecule has 0 atom stereocenters. The van der Waals surface area contributed by atoms with Gasteiger partial charge in [-0.15, -0.1) is 0 Å². The lowest BCUT2D eigenvalue weighted by atomic mass is 10.2. The second-order valence-electron chi connectivity index (χ2n) is 4.43. The van der Waals surface area contributed by atoms with Crippen molar-refractivity contribution in [2.75, 3.05) is 7.11 Å². The Morgan fingerprint density at radius 1 is 1.50 bits per heavy atom. The molecule has 0 spiro atoms. The Kier molecular flexibility index (Phi) is 3.76. The number of hydrogen-bond donors (Lipinski definition) is 1. The normalized spacial score (nSPS) is 10.9. The van der Waals surface area contributed by atoms with E-state index in [2.05, 4.69) is 29.0 Å². The molecule has 0 fully saturated rings. The summed E-state index contributed by atoms with van der Waals surface area (Å²) in [5.74, 6) is 1.96. The topological polar surface area (TPSA) is 55.7 Å². The van der Waals surface area contributed by atoms with Gasteiger partial charge in [-0.2, -0.15) is 5.10 Å². The van der Waals surface area contributed by atoms with Gasteiger partial charge in [0.15, 0.2) is 10.6 Å². The monoisotopic (exact) mass is 264 g/mol. The van der Waals surface area contributed by atoms with Gasteiger partial charge in [-0.1, -0.05) is 13.8 Å². The molecule has 2 heterocycles. The molecule has 0 aliphatic carbocycles. The van der Waals surface area contributed by atoms with Crippen LogP contribution >= 0.6 is 12.2 Å². The van der Waals surface area contributed by atoms with Crippen LogP contribution in [0, 0.1) is 10.7 Å². The van der Waals surface area contributed by atoms with Crippen LogP contribution in [0.25, 0.3) is 11.4 Å². The average Bonchev–Trinajstić information content (AvgIpc) is 2.70. The van der Waals surface area contributed by atoms with E-state index in [0.29, 0.717) is 16.4 Å².